The highest BCUT2D eigenvalue weighted by Gasteiger charge is 2.23. The minimum atomic E-state index is -0.760. The summed E-state index contributed by atoms with van der Waals surface area (Å²) in [6.07, 6.45) is -0.119. The normalized spacial score (nSPS) is 11.4. The number of carbonyl (C=O) groups is 3. The maximum absolute atomic E-state index is 12.6. The molecule has 2 aromatic carbocycles. The molecular formula is C23H25N5O5. The number of hydrogen-bond acceptors (Lipinski definition) is 6. The minimum absolute atomic E-state index is 0.119. The quantitative estimate of drug-likeness (QED) is 0.189. The molecule has 2 amide bonds. The van der Waals surface area contributed by atoms with Crippen LogP contribution in [0, 0.1) is 5.41 Å². The fraction of sp³-hybridized carbons (Fsp3) is 0.217. The lowest BCUT2D eigenvalue weighted by Gasteiger charge is -2.16. The summed E-state index contributed by atoms with van der Waals surface area (Å²) in [7, 11) is 0. The second kappa shape index (κ2) is 10.8. The van der Waals surface area contributed by atoms with Gasteiger partial charge in [-0.25, -0.2) is 0 Å². The molecule has 172 valence electrons. The van der Waals surface area contributed by atoms with Crippen molar-refractivity contribution in [3.8, 4) is 0 Å². The summed E-state index contributed by atoms with van der Waals surface area (Å²) in [6.45, 7) is 1.60. The summed E-state index contributed by atoms with van der Waals surface area (Å²) >= 11 is 0. The van der Waals surface area contributed by atoms with Crippen LogP contribution in [0.4, 0.5) is 5.69 Å². The highest BCUT2D eigenvalue weighted by Crippen LogP contribution is 2.26. The Hall–Kier alpha value is -4.34. The Bertz CT molecular complexity index is 1140. The summed E-state index contributed by atoms with van der Waals surface area (Å²) in [5, 5.41) is 16.0. The molecule has 1 heterocycles. The Labute approximate surface area is 190 Å². The third kappa shape index (κ3) is 6.57. The van der Waals surface area contributed by atoms with Gasteiger partial charge in [0.2, 0.25) is 5.91 Å². The van der Waals surface area contributed by atoms with Gasteiger partial charge in [-0.2, -0.15) is 0 Å². The number of fused-ring (bicyclic) bond motifs is 1. The zero-order chi connectivity index (χ0) is 23.8. The van der Waals surface area contributed by atoms with Gasteiger partial charge in [0, 0.05) is 16.6 Å². The maximum atomic E-state index is 12.6. The van der Waals surface area contributed by atoms with Crippen molar-refractivity contribution in [3.63, 3.8) is 0 Å². The molecule has 0 spiro atoms. The number of nitrogens with one attached hydrogen (secondary N) is 4. The van der Waals surface area contributed by atoms with Crippen molar-refractivity contribution in [3.05, 3.63) is 65.9 Å². The molecule has 3 rings (SSSR count). The smallest absolute Gasteiger partial charge is 0.308 e. The molecule has 0 fully saturated rings. The lowest BCUT2D eigenvalue weighted by atomic mass is 10.1. The number of benzene rings is 2. The van der Waals surface area contributed by atoms with Crippen molar-refractivity contribution in [2.75, 3.05) is 18.5 Å². The summed E-state index contributed by atoms with van der Waals surface area (Å²) in [6, 6.07) is 14.7. The van der Waals surface area contributed by atoms with Crippen molar-refractivity contribution in [2.45, 2.75) is 19.4 Å². The summed E-state index contributed by atoms with van der Waals surface area (Å²) in [4.78, 5) is 37.0. The topological polar surface area (TPSA) is 160 Å². The van der Waals surface area contributed by atoms with Crippen LogP contribution in [0.2, 0.25) is 0 Å². The molecule has 10 heteroatoms. The Balaban J connectivity index is 1.66. The molecule has 1 aromatic heterocycles. The molecule has 0 aliphatic rings. The molecule has 10 nitrogen and oxygen atoms in total. The predicted octanol–water partition coefficient (Wildman–Crippen LogP) is 2.28. The fourth-order valence-corrected chi connectivity index (χ4v) is 3.19. The van der Waals surface area contributed by atoms with Gasteiger partial charge in [0.15, 0.2) is 5.96 Å². The number of guanidine groups is 1. The molecule has 3 aromatic rings. The monoisotopic (exact) mass is 451 g/mol. The van der Waals surface area contributed by atoms with Crippen molar-refractivity contribution < 1.29 is 23.5 Å². The van der Waals surface area contributed by atoms with E-state index in [1.165, 1.54) is 6.07 Å². The molecule has 0 aliphatic carbocycles. The van der Waals surface area contributed by atoms with E-state index in [1.807, 2.05) is 18.2 Å². The van der Waals surface area contributed by atoms with Gasteiger partial charge in [0.05, 0.1) is 25.6 Å². The lowest BCUT2D eigenvalue weighted by Crippen LogP contribution is -2.39. The van der Waals surface area contributed by atoms with E-state index in [0.29, 0.717) is 17.0 Å². The van der Waals surface area contributed by atoms with Gasteiger partial charge in [0.25, 0.3) is 5.91 Å². The van der Waals surface area contributed by atoms with Crippen LogP contribution in [0.3, 0.4) is 0 Å². The standard InChI is InChI=1S/C23H25N5O5/c1-2-32-21(30)12-17(19-11-14-6-3-4-9-18(14)33-19)28-20(29)13-26-22(31)15-7-5-8-16(10-15)27-23(24)25/h3-11,17H,2,12-13H2,1H3,(H,26,31)(H,28,29)(H4,24,25,27). The first-order chi connectivity index (χ1) is 15.9. The molecular weight excluding hydrogens is 426 g/mol. The number of carbonyl (C=O) groups excluding carboxylic acids is 3. The van der Waals surface area contributed by atoms with Crippen LogP contribution in [-0.2, 0) is 14.3 Å². The zero-order valence-electron chi connectivity index (χ0n) is 18.0. The third-order valence-electron chi connectivity index (χ3n) is 4.61. The van der Waals surface area contributed by atoms with Gasteiger partial charge < -0.3 is 30.8 Å². The van der Waals surface area contributed by atoms with Gasteiger partial charge >= 0.3 is 5.97 Å². The molecule has 1 atom stereocenters. The SMILES string of the molecule is CCOC(=O)CC(NC(=O)CNC(=O)c1cccc(NC(=N)N)c1)c1cc2ccccc2o1. The fourth-order valence-electron chi connectivity index (χ4n) is 3.19. The predicted molar refractivity (Wildman–Crippen MR) is 123 cm³/mol. The van der Waals surface area contributed by atoms with E-state index < -0.39 is 23.8 Å². The van der Waals surface area contributed by atoms with Gasteiger partial charge in [0.1, 0.15) is 11.3 Å². The molecule has 6 N–H and O–H groups in total. The highest BCUT2D eigenvalue weighted by atomic mass is 16.5. The number of nitrogens with two attached hydrogens (primary N) is 1. The molecule has 0 bridgehead atoms. The van der Waals surface area contributed by atoms with Crippen LogP contribution < -0.4 is 21.7 Å². The molecule has 0 saturated carbocycles. The van der Waals surface area contributed by atoms with Crippen LogP contribution in [0.5, 0.6) is 0 Å². The lowest BCUT2D eigenvalue weighted by molar-refractivity contribution is -0.144. The van der Waals surface area contributed by atoms with Crippen LogP contribution in [0.25, 0.3) is 11.0 Å². The maximum Gasteiger partial charge on any atom is 0.308 e. The average molecular weight is 451 g/mol. The second-order valence-electron chi connectivity index (χ2n) is 7.12. The van der Waals surface area contributed by atoms with Crippen molar-refractivity contribution in [1.29, 1.82) is 5.41 Å². The summed E-state index contributed by atoms with van der Waals surface area (Å²) in [5.41, 5.74) is 6.68. The highest BCUT2D eigenvalue weighted by molar-refractivity contribution is 5.98. The number of para-hydroxylation sites is 1. The van der Waals surface area contributed by atoms with Crippen molar-refractivity contribution >= 4 is 40.4 Å². The first-order valence-electron chi connectivity index (χ1n) is 10.3. The van der Waals surface area contributed by atoms with E-state index in [1.54, 1.807) is 37.3 Å². The largest absolute Gasteiger partial charge is 0.466 e. The second-order valence-corrected chi connectivity index (χ2v) is 7.12. The van der Waals surface area contributed by atoms with Crippen molar-refractivity contribution in [2.24, 2.45) is 5.73 Å². The zero-order valence-corrected chi connectivity index (χ0v) is 18.0. The van der Waals surface area contributed by atoms with Crippen LogP contribution in [0.15, 0.2) is 59.0 Å². The number of amides is 2. The Kier molecular flexibility index (Phi) is 7.64. The first-order valence-corrected chi connectivity index (χ1v) is 10.3. The van der Waals surface area contributed by atoms with E-state index in [-0.39, 0.29) is 31.1 Å². The molecule has 0 radical (unpaired) electrons. The van der Waals surface area contributed by atoms with Gasteiger partial charge in [-0.3, -0.25) is 19.8 Å². The third-order valence-corrected chi connectivity index (χ3v) is 4.61. The van der Waals surface area contributed by atoms with Crippen LogP contribution in [-0.4, -0.2) is 36.9 Å². The van der Waals surface area contributed by atoms with Gasteiger partial charge in [-0.1, -0.05) is 24.3 Å². The average Bonchev–Trinajstić information content (AvgIpc) is 3.21. The molecule has 33 heavy (non-hydrogen) atoms. The number of ether oxygens (including phenoxy) is 1. The Morgan fingerprint density at radius 3 is 2.64 bits per heavy atom. The molecule has 0 saturated heterocycles. The van der Waals surface area contributed by atoms with E-state index in [2.05, 4.69) is 16.0 Å². The van der Waals surface area contributed by atoms with E-state index >= 15 is 0 Å². The summed E-state index contributed by atoms with van der Waals surface area (Å²) < 4.78 is 10.8. The number of esters is 1. The van der Waals surface area contributed by atoms with Gasteiger partial charge in [-0.15, -0.1) is 0 Å². The first kappa shape index (κ1) is 23.3. The van der Waals surface area contributed by atoms with E-state index in [9.17, 15) is 14.4 Å². The van der Waals surface area contributed by atoms with E-state index in [4.69, 9.17) is 20.3 Å². The van der Waals surface area contributed by atoms with Crippen molar-refractivity contribution in [1.82, 2.24) is 10.6 Å². The summed E-state index contributed by atoms with van der Waals surface area (Å²) in [5.74, 6) is -1.32. The minimum Gasteiger partial charge on any atom is -0.466 e. The number of furan rings is 1. The number of rotatable bonds is 9. The van der Waals surface area contributed by atoms with Gasteiger partial charge in [-0.05, 0) is 37.3 Å². The van der Waals surface area contributed by atoms with E-state index in [0.717, 1.165) is 5.39 Å². The molecule has 1 unspecified atom stereocenters. The van der Waals surface area contributed by atoms with Crippen LogP contribution in [0.1, 0.15) is 35.5 Å². The Morgan fingerprint density at radius 2 is 1.91 bits per heavy atom. The number of anilines is 1. The molecule has 0 aliphatic heterocycles. The Morgan fingerprint density at radius 1 is 1.12 bits per heavy atom. The van der Waals surface area contributed by atoms with Crippen LogP contribution >= 0.6 is 0 Å². The number of hydrogen-bond donors (Lipinski definition) is 5.